The second kappa shape index (κ2) is 5.97. The van der Waals surface area contributed by atoms with Crippen LogP contribution in [0.15, 0.2) is 18.2 Å². The van der Waals surface area contributed by atoms with E-state index in [1.807, 2.05) is 13.0 Å². The molecule has 1 unspecified atom stereocenters. The second-order valence-corrected chi connectivity index (χ2v) is 4.61. The molecule has 1 rings (SSSR count). The molecule has 0 saturated heterocycles. The molecule has 0 spiro atoms. The maximum Gasteiger partial charge on any atom is 0.123 e. The van der Waals surface area contributed by atoms with E-state index < -0.39 is 0 Å². The molecule has 16 heavy (non-hydrogen) atoms. The number of rotatable bonds is 5. The third-order valence-corrected chi connectivity index (χ3v) is 2.58. The van der Waals surface area contributed by atoms with E-state index >= 15 is 0 Å². The number of hydrogen-bond acceptors (Lipinski definition) is 2. The van der Waals surface area contributed by atoms with Crippen LogP contribution >= 0.6 is 0 Å². The first-order chi connectivity index (χ1) is 7.49. The predicted octanol–water partition coefficient (Wildman–Crippen LogP) is 2.17. The fourth-order valence-corrected chi connectivity index (χ4v) is 1.75. The van der Waals surface area contributed by atoms with Gasteiger partial charge in [0, 0.05) is 19.1 Å². The quantitative estimate of drug-likeness (QED) is 0.824. The molecule has 1 atom stereocenters. The van der Waals surface area contributed by atoms with E-state index in [0.717, 1.165) is 24.2 Å². The highest BCUT2D eigenvalue weighted by molar-refractivity contribution is 5.26. The van der Waals surface area contributed by atoms with Gasteiger partial charge in [-0.1, -0.05) is 6.07 Å². The SMILES string of the molecule is Cc1cc(F)ccc1CNC(C)CN(C)C. The standard InChI is InChI=1S/C13H21FN2/c1-10-7-13(14)6-5-12(10)8-15-11(2)9-16(3)4/h5-7,11,15H,8-9H2,1-4H3. The molecule has 2 nitrogen and oxygen atoms in total. The van der Waals surface area contributed by atoms with Gasteiger partial charge in [-0.05, 0) is 51.2 Å². The Morgan fingerprint density at radius 2 is 2.06 bits per heavy atom. The van der Waals surface area contributed by atoms with Crippen LogP contribution in [0.4, 0.5) is 4.39 Å². The minimum Gasteiger partial charge on any atom is -0.309 e. The summed E-state index contributed by atoms with van der Waals surface area (Å²) < 4.78 is 12.9. The van der Waals surface area contributed by atoms with Crippen molar-refractivity contribution >= 4 is 0 Å². The Labute approximate surface area is 97.5 Å². The van der Waals surface area contributed by atoms with Crippen molar-refractivity contribution in [2.24, 2.45) is 0 Å². The second-order valence-electron chi connectivity index (χ2n) is 4.61. The van der Waals surface area contributed by atoms with Gasteiger partial charge in [0.2, 0.25) is 0 Å². The van der Waals surface area contributed by atoms with Crippen LogP contribution in [0.25, 0.3) is 0 Å². The predicted molar refractivity (Wildman–Crippen MR) is 66.0 cm³/mol. The van der Waals surface area contributed by atoms with Crippen LogP contribution in [0.2, 0.25) is 0 Å². The fraction of sp³-hybridized carbons (Fsp3) is 0.538. The zero-order chi connectivity index (χ0) is 12.1. The van der Waals surface area contributed by atoms with Crippen molar-refractivity contribution in [2.45, 2.75) is 26.4 Å². The first-order valence-electron chi connectivity index (χ1n) is 5.62. The van der Waals surface area contributed by atoms with Crippen LogP contribution in [0.5, 0.6) is 0 Å². The van der Waals surface area contributed by atoms with Gasteiger partial charge < -0.3 is 10.2 Å². The van der Waals surface area contributed by atoms with E-state index in [1.165, 1.54) is 6.07 Å². The molecule has 0 aliphatic carbocycles. The largest absolute Gasteiger partial charge is 0.309 e. The van der Waals surface area contributed by atoms with E-state index in [0.29, 0.717) is 6.04 Å². The molecule has 1 N–H and O–H groups in total. The summed E-state index contributed by atoms with van der Waals surface area (Å²) in [5.41, 5.74) is 2.16. The number of benzene rings is 1. The van der Waals surface area contributed by atoms with Crippen molar-refractivity contribution in [2.75, 3.05) is 20.6 Å². The fourth-order valence-electron chi connectivity index (χ4n) is 1.75. The zero-order valence-corrected chi connectivity index (χ0v) is 10.5. The van der Waals surface area contributed by atoms with Gasteiger partial charge in [-0.25, -0.2) is 4.39 Å². The summed E-state index contributed by atoms with van der Waals surface area (Å²) in [5.74, 6) is -0.164. The Morgan fingerprint density at radius 3 is 2.62 bits per heavy atom. The number of aryl methyl sites for hydroxylation is 1. The van der Waals surface area contributed by atoms with E-state index in [9.17, 15) is 4.39 Å². The molecular weight excluding hydrogens is 203 g/mol. The van der Waals surface area contributed by atoms with Gasteiger partial charge in [0.1, 0.15) is 5.82 Å². The van der Waals surface area contributed by atoms with Gasteiger partial charge in [-0.15, -0.1) is 0 Å². The van der Waals surface area contributed by atoms with E-state index in [4.69, 9.17) is 0 Å². The summed E-state index contributed by atoms with van der Waals surface area (Å²) in [6.45, 7) is 5.89. The van der Waals surface area contributed by atoms with Crippen LogP contribution in [-0.2, 0) is 6.54 Å². The lowest BCUT2D eigenvalue weighted by Crippen LogP contribution is -2.35. The molecule has 3 heteroatoms. The van der Waals surface area contributed by atoms with Gasteiger partial charge in [0.25, 0.3) is 0 Å². The molecule has 0 heterocycles. The van der Waals surface area contributed by atoms with E-state index in [2.05, 4.69) is 31.2 Å². The van der Waals surface area contributed by atoms with Crippen LogP contribution in [-0.4, -0.2) is 31.6 Å². The molecular formula is C13H21FN2. The molecule has 0 aliphatic heterocycles. The lowest BCUT2D eigenvalue weighted by atomic mass is 10.1. The average Bonchev–Trinajstić information content (AvgIpc) is 2.15. The van der Waals surface area contributed by atoms with Crippen molar-refractivity contribution < 1.29 is 4.39 Å². The van der Waals surface area contributed by atoms with Gasteiger partial charge in [-0.3, -0.25) is 0 Å². The number of nitrogens with one attached hydrogen (secondary N) is 1. The number of hydrogen-bond donors (Lipinski definition) is 1. The van der Waals surface area contributed by atoms with Gasteiger partial charge in [0.05, 0.1) is 0 Å². The molecule has 0 aromatic heterocycles. The summed E-state index contributed by atoms with van der Waals surface area (Å²) in [6.07, 6.45) is 0. The lowest BCUT2D eigenvalue weighted by molar-refractivity contribution is 0.349. The third kappa shape index (κ3) is 4.29. The van der Waals surface area contributed by atoms with Crippen molar-refractivity contribution in [3.05, 3.63) is 35.1 Å². The van der Waals surface area contributed by atoms with Crippen molar-refractivity contribution in [1.82, 2.24) is 10.2 Å². The number of likely N-dealkylation sites (N-methyl/N-ethyl adjacent to an activating group) is 1. The smallest absolute Gasteiger partial charge is 0.123 e. The Hall–Kier alpha value is -0.930. The van der Waals surface area contributed by atoms with Gasteiger partial charge >= 0.3 is 0 Å². The van der Waals surface area contributed by atoms with Crippen LogP contribution in [0.3, 0.4) is 0 Å². The summed E-state index contributed by atoms with van der Waals surface area (Å²) >= 11 is 0. The van der Waals surface area contributed by atoms with Gasteiger partial charge in [-0.2, -0.15) is 0 Å². The van der Waals surface area contributed by atoms with Crippen LogP contribution in [0, 0.1) is 12.7 Å². The van der Waals surface area contributed by atoms with Crippen LogP contribution < -0.4 is 5.32 Å². The van der Waals surface area contributed by atoms with Crippen LogP contribution in [0.1, 0.15) is 18.1 Å². The van der Waals surface area contributed by atoms with Crippen molar-refractivity contribution in [3.8, 4) is 0 Å². The topological polar surface area (TPSA) is 15.3 Å². The minimum atomic E-state index is -0.164. The highest BCUT2D eigenvalue weighted by atomic mass is 19.1. The summed E-state index contributed by atoms with van der Waals surface area (Å²) in [7, 11) is 4.11. The Morgan fingerprint density at radius 1 is 1.38 bits per heavy atom. The van der Waals surface area contributed by atoms with E-state index in [1.54, 1.807) is 6.07 Å². The molecule has 1 aromatic rings. The molecule has 0 fully saturated rings. The zero-order valence-electron chi connectivity index (χ0n) is 10.5. The van der Waals surface area contributed by atoms with E-state index in [-0.39, 0.29) is 5.82 Å². The normalized spacial score (nSPS) is 13.1. The first-order valence-corrected chi connectivity index (χ1v) is 5.62. The Bertz CT molecular complexity index is 337. The molecule has 1 aromatic carbocycles. The first kappa shape index (κ1) is 13.1. The van der Waals surface area contributed by atoms with Crippen molar-refractivity contribution in [1.29, 1.82) is 0 Å². The minimum absolute atomic E-state index is 0.164. The average molecular weight is 224 g/mol. The highest BCUT2D eigenvalue weighted by Crippen LogP contribution is 2.09. The summed E-state index contributed by atoms with van der Waals surface area (Å²) in [4.78, 5) is 2.15. The maximum atomic E-state index is 12.9. The monoisotopic (exact) mass is 224 g/mol. The maximum absolute atomic E-state index is 12.9. The summed E-state index contributed by atoms with van der Waals surface area (Å²) in [5, 5.41) is 3.43. The van der Waals surface area contributed by atoms with Gasteiger partial charge in [0.15, 0.2) is 0 Å². The molecule has 0 aliphatic rings. The van der Waals surface area contributed by atoms with Crippen molar-refractivity contribution in [3.63, 3.8) is 0 Å². The summed E-state index contributed by atoms with van der Waals surface area (Å²) in [6, 6.07) is 5.37. The molecule has 90 valence electrons. The molecule has 0 saturated carbocycles. The molecule has 0 amide bonds. The lowest BCUT2D eigenvalue weighted by Gasteiger charge is -2.18. The number of nitrogens with zero attached hydrogens (tertiary/aromatic N) is 1. The third-order valence-electron chi connectivity index (χ3n) is 2.58. The molecule has 0 radical (unpaired) electrons. The Kier molecular flexibility index (Phi) is 4.90. The number of halogens is 1. The molecule has 0 bridgehead atoms. The highest BCUT2D eigenvalue weighted by Gasteiger charge is 2.04. The Balaban J connectivity index is 2.48.